The SMILES string of the molecule is CCCCC1(CCC)O[C@H]2O[C@H](CCC)[C@H](OCc3c(C)cccc3C)[C@H]2O1. The maximum absolute atomic E-state index is 6.58. The fourth-order valence-electron chi connectivity index (χ4n) is 4.56. The number of hydrogen-bond donors (Lipinski definition) is 0. The standard InChI is InChI=1S/C24H38O4/c1-6-9-15-24(14-8-3)27-22-21(20(11-7-2)26-23(22)28-24)25-16-19-17(4)12-10-13-18(19)5/h10,12-13,20-23H,6-9,11,14-16H2,1-5H3/t20-,21+,22-,23-,24?/m1/s1. The van der Waals surface area contributed by atoms with Crippen molar-refractivity contribution in [2.45, 2.75) is 117 Å². The predicted molar refractivity (Wildman–Crippen MR) is 111 cm³/mol. The van der Waals surface area contributed by atoms with Crippen LogP contribution < -0.4 is 0 Å². The summed E-state index contributed by atoms with van der Waals surface area (Å²) in [5.74, 6) is -0.503. The first-order valence-electron chi connectivity index (χ1n) is 11.2. The van der Waals surface area contributed by atoms with Gasteiger partial charge in [-0.2, -0.15) is 0 Å². The van der Waals surface area contributed by atoms with Gasteiger partial charge >= 0.3 is 0 Å². The number of unbranched alkanes of at least 4 members (excludes halogenated alkanes) is 1. The fraction of sp³-hybridized carbons (Fsp3) is 0.750. The molecule has 2 fully saturated rings. The molecule has 158 valence electrons. The van der Waals surface area contributed by atoms with Crippen LogP contribution in [0.25, 0.3) is 0 Å². The molecule has 5 atom stereocenters. The van der Waals surface area contributed by atoms with Gasteiger partial charge in [0, 0.05) is 12.8 Å². The first kappa shape index (κ1) is 21.8. The van der Waals surface area contributed by atoms with E-state index in [0.29, 0.717) is 6.61 Å². The molecule has 0 N–H and O–H groups in total. The summed E-state index contributed by atoms with van der Waals surface area (Å²) in [6, 6.07) is 6.40. The van der Waals surface area contributed by atoms with Gasteiger partial charge < -0.3 is 18.9 Å². The number of ether oxygens (including phenoxy) is 4. The summed E-state index contributed by atoms with van der Waals surface area (Å²) in [6.07, 6.45) is 6.66. The van der Waals surface area contributed by atoms with Crippen LogP contribution in [0.3, 0.4) is 0 Å². The van der Waals surface area contributed by atoms with E-state index in [-0.39, 0.29) is 24.6 Å². The lowest BCUT2D eigenvalue weighted by Gasteiger charge is -2.31. The molecule has 1 aromatic carbocycles. The van der Waals surface area contributed by atoms with Crippen molar-refractivity contribution in [2.75, 3.05) is 0 Å². The highest BCUT2D eigenvalue weighted by Gasteiger charge is 2.57. The molecule has 1 unspecified atom stereocenters. The molecule has 2 heterocycles. The van der Waals surface area contributed by atoms with Gasteiger partial charge in [-0.05, 0) is 43.4 Å². The minimum atomic E-state index is -0.503. The van der Waals surface area contributed by atoms with E-state index in [1.54, 1.807) is 0 Å². The molecule has 2 aliphatic heterocycles. The normalized spacial score (nSPS) is 32.0. The number of aryl methyl sites for hydroxylation is 2. The van der Waals surface area contributed by atoms with Crippen LogP contribution in [0, 0.1) is 13.8 Å². The smallest absolute Gasteiger partial charge is 0.190 e. The Balaban J connectivity index is 1.74. The maximum atomic E-state index is 6.58. The molecule has 4 nitrogen and oxygen atoms in total. The lowest BCUT2D eigenvalue weighted by atomic mass is 10.0. The third kappa shape index (κ3) is 4.62. The van der Waals surface area contributed by atoms with Crippen molar-refractivity contribution in [1.82, 2.24) is 0 Å². The Morgan fingerprint density at radius 2 is 1.71 bits per heavy atom. The second-order valence-electron chi connectivity index (χ2n) is 8.44. The van der Waals surface area contributed by atoms with Gasteiger partial charge in [0.1, 0.15) is 12.2 Å². The monoisotopic (exact) mass is 390 g/mol. The summed E-state index contributed by atoms with van der Waals surface area (Å²) in [5, 5.41) is 0. The molecule has 2 saturated heterocycles. The molecule has 0 radical (unpaired) electrons. The molecule has 0 spiro atoms. The molecule has 4 heteroatoms. The Labute approximate surface area is 170 Å². The largest absolute Gasteiger partial charge is 0.368 e. The van der Waals surface area contributed by atoms with Crippen molar-refractivity contribution >= 4 is 0 Å². The minimum absolute atomic E-state index is 0.0372. The van der Waals surface area contributed by atoms with Gasteiger partial charge in [0.2, 0.25) is 0 Å². The Morgan fingerprint density at radius 3 is 2.36 bits per heavy atom. The van der Waals surface area contributed by atoms with Crippen molar-refractivity contribution in [3.8, 4) is 0 Å². The van der Waals surface area contributed by atoms with Crippen LogP contribution in [0.15, 0.2) is 18.2 Å². The Hall–Kier alpha value is -0.940. The van der Waals surface area contributed by atoms with Crippen molar-refractivity contribution in [3.63, 3.8) is 0 Å². The van der Waals surface area contributed by atoms with Crippen LogP contribution in [0.1, 0.15) is 82.4 Å². The summed E-state index contributed by atoms with van der Waals surface area (Å²) in [5.41, 5.74) is 3.81. The quantitative estimate of drug-likeness (QED) is 0.505. The average Bonchev–Trinajstić information content (AvgIpc) is 3.15. The van der Waals surface area contributed by atoms with Crippen LogP contribution in [-0.4, -0.2) is 30.4 Å². The molecule has 0 aromatic heterocycles. The molecular weight excluding hydrogens is 352 g/mol. The van der Waals surface area contributed by atoms with Crippen LogP contribution >= 0.6 is 0 Å². The average molecular weight is 391 g/mol. The van der Waals surface area contributed by atoms with E-state index in [2.05, 4.69) is 52.8 Å². The summed E-state index contributed by atoms with van der Waals surface area (Å²) < 4.78 is 25.8. The highest BCUT2D eigenvalue weighted by molar-refractivity contribution is 5.32. The van der Waals surface area contributed by atoms with Crippen LogP contribution in [0.5, 0.6) is 0 Å². The van der Waals surface area contributed by atoms with Gasteiger partial charge in [-0.1, -0.05) is 58.2 Å². The lowest BCUT2D eigenvalue weighted by Crippen LogP contribution is -2.39. The zero-order valence-electron chi connectivity index (χ0n) is 18.3. The van der Waals surface area contributed by atoms with Gasteiger partial charge in [0.05, 0.1) is 12.7 Å². The molecule has 1 aromatic rings. The first-order chi connectivity index (χ1) is 13.5. The number of rotatable bonds is 10. The topological polar surface area (TPSA) is 36.9 Å². The van der Waals surface area contributed by atoms with E-state index in [1.807, 2.05) is 0 Å². The van der Waals surface area contributed by atoms with Crippen molar-refractivity contribution < 1.29 is 18.9 Å². The molecular formula is C24H38O4. The molecule has 0 amide bonds. The van der Waals surface area contributed by atoms with E-state index in [9.17, 15) is 0 Å². The Kier molecular flexibility index (Phi) is 7.54. The third-order valence-corrected chi connectivity index (χ3v) is 6.13. The summed E-state index contributed by atoms with van der Waals surface area (Å²) in [6.45, 7) is 11.5. The van der Waals surface area contributed by atoms with Gasteiger partial charge in [-0.25, -0.2) is 0 Å². The van der Waals surface area contributed by atoms with Crippen LogP contribution in [0.2, 0.25) is 0 Å². The molecule has 0 saturated carbocycles. The molecule has 0 bridgehead atoms. The second kappa shape index (κ2) is 9.71. The van der Waals surface area contributed by atoms with E-state index >= 15 is 0 Å². The summed E-state index contributed by atoms with van der Waals surface area (Å²) >= 11 is 0. The van der Waals surface area contributed by atoms with Gasteiger partial charge in [0.25, 0.3) is 0 Å². The van der Waals surface area contributed by atoms with Gasteiger partial charge in [0.15, 0.2) is 12.1 Å². The van der Waals surface area contributed by atoms with E-state index in [4.69, 9.17) is 18.9 Å². The highest BCUT2D eigenvalue weighted by Crippen LogP contribution is 2.44. The van der Waals surface area contributed by atoms with Crippen LogP contribution in [0.4, 0.5) is 0 Å². The lowest BCUT2D eigenvalue weighted by molar-refractivity contribution is -0.244. The summed E-state index contributed by atoms with van der Waals surface area (Å²) in [4.78, 5) is 0. The van der Waals surface area contributed by atoms with Crippen LogP contribution in [-0.2, 0) is 25.6 Å². The van der Waals surface area contributed by atoms with E-state index < -0.39 is 5.79 Å². The number of benzene rings is 1. The Bertz CT molecular complexity index is 611. The molecule has 3 rings (SSSR count). The fourth-order valence-corrected chi connectivity index (χ4v) is 4.56. The highest BCUT2D eigenvalue weighted by atomic mass is 16.8. The van der Waals surface area contributed by atoms with E-state index in [1.165, 1.54) is 16.7 Å². The number of hydrogen-bond acceptors (Lipinski definition) is 4. The molecule has 28 heavy (non-hydrogen) atoms. The third-order valence-electron chi connectivity index (χ3n) is 6.13. The van der Waals surface area contributed by atoms with E-state index in [0.717, 1.165) is 44.9 Å². The molecule has 0 aliphatic carbocycles. The maximum Gasteiger partial charge on any atom is 0.190 e. The molecule has 2 aliphatic rings. The zero-order chi connectivity index (χ0) is 20.1. The van der Waals surface area contributed by atoms with Gasteiger partial charge in [-0.3, -0.25) is 0 Å². The minimum Gasteiger partial charge on any atom is -0.368 e. The summed E-state index contributed by atoms with van der Waals surface area (Å²) in [7, 11) is 0. The first-order valence-corrected chi connectivity index (χ1v) is 11.2. The number of fused-ring (bicyclic) bond motifs is 1. The Morgan fingerprint density at radius 1 is 0.964 bits per heavy atom. The van der Waals surface area contributed by atoms with Crippen molar-refractivity contribution in [3.05, 3.63) is 34.9 Å². The predicted octanol–water partition coefficient (Wildman–Crippen LogP) is 5.82. The zero-order valence-corrected chi connectivity index (χ0v) is 18.3. The second-order valence-corrected chi connectivity index (χ2v) is 8.44. The van der Waals surface area contributed by atoms with Gasteiger partial charge in [-0.15, -0.1) is 0 Å². The van der Waals surface area contributed by atoms with Crippen molar-refractivity contribution in [1.29, 1.82) is 0 Å². The van der Waals surface area contributed by atoms with Crippen molar-refractivity contribution in [2.24, 2.45) is 0 Å².